The van der Waals surface area contributed by atoms with Gasteiger partial charge in [-0.2, -0.15) is 0 Å². The molecular weight excluding hydrogens is 180 g/mol. The molecule has 0 bridgehead atoms. The van der Waals surface area contributed by atoms with Crippen molar-refractivity contribution in [3.8, 4) is 0 Å². The molecule has 0 aliphatic carbocycles. The van der Waals surface area contributed by atoms with Crippen LogP contribution in [0.1, 0.15) is 24.8 Å². The van der Waals surface area contributed by atoms with E-state index in [0.29, 0.717) is 6.04 Å². The van der Waals surface area contributed by atoms with Crippen LogP contribution < -0.4 is 5.32 Å². The van der Waals surface area contributed by atoms with Crippen molar-refractivity contribution in [2.45, 2.75) is 32.9 Å². The number of hydrogen-bond acceptors (Lipinski definition) is 4. The number of rotatable bonds is 6. The normalized spacial score (nSPS) is 13.1. The average molecular weight is 198 g/mol. The molecule has 1 N–H and O–H groups in total. The Morgan fingerprint density at radius 3 is 3.00 bits per heavy atom. The van der Waals surface area contributed by atoms with E-state index in [-0.39, 0.29) is 0 Å². The summed E-state index contributed by atoms with van der Waals surface area (Å²) in [5.74, 6) is 0.881. The zero-order chi connectivity index (χ0) is 10.4. The summed E-state index contributed by atoms with van der Waals surface area (Å²) >= 11 is 0. The molecule has 1 aromatic rings. The summed E-state index contributed by atoms with van der Waals surface area (Å²) in [6.45, 7) is 5.55. The van der Waals surface area contributed by atoms with Crippen molar-refractivity contribution >= 4 is 0 Å². The largest absolute Gasteiger partial charge is 0.385 e. The van der Waals surface area contributed by atoms with Crippen molar-refractivity contribution in [2.75, 3.05) is 13.7 Å². The number of ether oxygens (including phenoxy) is 1. The van der Waals surface area contributed by atoms with Gasteiger partial charge >= 0.3 is 0 Å². The molecule has 4 heteroatoms. The molecule has 1 heterocycles. The molecule has 0 aromatic carbocycles. The van der Waals surface area contributed by atoms with Crippen LogP contribution in [0.5, 0.6) is 0 Å². The van der Waals surface area contributed by atoms with Gasteiger partial charge in [-0.05, 0) is 20.3 Å². The van der Waals surface area contributed by atoms with Gasteiger partial charge in [-0.3, -0.25) is 0 Å². The van der Waals surface area contributed by atoms with Gasteiger partial charge in [-0.25, -0.2) is 0 Å². The first-order chi connectivity index (χ1) is 6.72. The lowest BCUT2D eigenvalue weighted by Gasteiger charge is -2.11. The summed E-state index contributed by atoms with van der Waals surface area (Å²) in [6, 6.07) is 2.37. The summed E-state index contributed by atoms with van der Waals surface area (Å²) in [4.78, 5) is 0. The fraction of sp³-hybridized carbons (Fsp3) is 0.700. The fourth-order valence-electron chi connectivity index (χ4n) is 1.17. The lowest BCUT2D eigenvalue weighted by atomic mass is 10.2. The molecule has 0 radical (unpaired) electrons. The maximum Gasteiger partial charge on any atom is 0.150 e. The summed E-state index contributed by atoms with van der Waals surface area (Å²) in [5.41, 5.74) is 0.923. The van der Waals surface area contributed by atoms with Crippen LogP contribution in [0.15, 0.2) is 10.6 Å². The van der Waals surface area contributed by atoms with Crippen LogP contribution in [0.3, 0.4) is 0 Å². The molecule has 0 amide bonds. The quantitative estimate of drug-likeness (QED) is 0.752. The summed E-state index contributed by atoms with van der Waals surface area (Å²) < 4.78 is 10.1. The maximum absolute atomic E-state index is 5.08. The fourth-order valence-corrected chi connectivity index (χ4v) is 1.17. The van der Waals surface area contributed by atoms with E-state index in [2.05, 4.69) is 17.4 Å². The smallest absolute Gasteiger partial charge is 0.150 e. The minimum atomic E-state index is 0.431. The number of aromatic nitrogens is 1. The minimum Gasteiger partial charge on any atom is -0.385 e. The van der Waals surface area contributed by atoms with Gasteiger partial charge in [0.2, 0.25) is 0 Å². The van der Waals surface area contributed by atoms with Crippen LogP contribution in [0.4, 0.5) is 0 Å². The first-order valence-corrected chi connectivity index (χ1v) is 4.87. The Morgan fingerprint density at radius 2 is 2.43 bits per heavy atom. The number of methoxy groups -OCH3 is 1. The Morgan fingerprint density at radius 1 is 1.64 bits per heavy atom. The van der Waals surface area contributed by atoms with Crippen molar-refractivity contribution in [2.24, 2.45) is 0 Å². The Balaban J connectivity index is 2.20. The van der Waals surface area contributed by atoms with Crippen LogP contribution in [-0.2, 0) is 11.3 Å². The van der Waals surface area contributed by atoms with Gasteiger partial charge in [0.25, 0.3) is 0 Å². The molecule has 0 aliphatic heterocycles. The van der Waals surface area contributed by atoms with E-state index >= 15 is 0 Å². The van der Waals surface area contributed by atoms with Gasteiger partial charge in [-0.1, -0.05) is 5.16 Å². The zero-order valence-corrected chi connectivity index (χ0v) is 9.04. The third kappa shape index (κ3) is 3.89. The lowest BCUT2D eigenvalue weighted by Crippen LogP contribution is -2.26. The highest BCUT2D eigenvalue weighted by molar-refractivity contribution is 5.02. The molecule has 80 valence electrons. The molecule has 1 atom stereocenters. The Bertz CT molecular complexity index is 260. The topological polar surface area (TPSA) is 47.3 Å². The Kier molecular flexibility index (Phi) is 4.62. The second-order valence-electron chi connectivity index (χ2n) is 3.50. The standard InChI is InChI=1S/C10H18N2O2/c1-8(4-5-13-3)11-7-10-6-9(2)12-14-10/h6,8,11H,4-5,7H2,1-3H3. The minimum absolute atomic E-state index is 0.431. The van der Waals surface area contributed by atoms with E-state index in [4.69, 9.17) is 9.26 Å². The highest BCUT2D eigenvalue weighted by Gasteiger charge is 2.04. The molecule has 1 aromatic heterocycles. The highest BCUT2D eigenvalue weighted by atomic mass is 16.5. The monoisotopic (exact) mass is 198 g/mol. The predicted octanol–water partition coefficient (Wildman–Crippen LogP) is 1.50. The van der Waals surface area contributed by atoms with E-state index in [1.165, 1.54) is 0 Å². The summed E-state index contributed by atoms with van der Waals surface area (Å²) in [7, 11) is 1.71. The van der Waals surface area contributed by atoms with Gasteiger partial charge in [0.1, 0.15) is 0 Å². The lowest BCUT2D eigenvalue weighted by molar-refractivity contribution is 0.184. The van der Waals surface area contributed by atoms with Crippen LogP contribution in [0.2, 0.25) is 0 Å². The van der Waals surface area contributed by atoms with Crippen LogP contribution in [-0.4, -0.2) is 24.9 Å². The molecule has 1 rings (SSSR count). The van der Waals surface area contributed by atoms with E-state index in [1.807, 2.05) is 13.0 Å². The Labute approximate surface area is 84.6 Å². The van der Waals surface area contributed by atoms with Crippen molar-refractivity contribution in [3.05, 3.63) is 17.5 Å². The van der Waals surface area contributed by atoms with Crippen LogP contribution >= 0.6 is 0 Å². The Hall–Kier alpha value is -0.870. The molecule has 1 unspecified atom stereocenters. The predicted molar refractivity (Wildman–Crippen MR) is 54.0 cm³/mol. The molecule has 0 fully saturated rings. The molecule has 0 aliphatic rings. The molecule has 14 heavy (non-hydrogen) atoms. The van der Waals surface area contributed by atoms with E-state index in [0.717, 1.165) is 31.0 Å². The van der Waals surface area contributed by atoms with Crippen LogP contribution in [0.25, 0.3) is 0 Å². The number of nitrogens with one attached hydrogen (secondary N) is 1. The van der Waals surface area contributed by atoms with Gasteiger partial charge in [0.05, 0.1) is 12.2 Å². The van der Waals surface area contributed by atoms with E-state index in [9.17, 15) is 0 Å². The molecule has 0 saturated heterocycles. The first-order valence-electron chi connectivity index (χ1n) is 4.87. The van der Waals surface area contributed by atoms with Crippen LogP contribution in [0, 0.1) is 6.92 Å². The summed E-state index contributed by atoms with van der Waals surface area (Å²) in [5, 5.41) is 7.15. The van der Waals surface area contributed by atoms with Crippen molar-refractivity contribution in [1.82, 2.24) is 10.5 Å². The molecule has 0 saturated carbocycles. The second kappa shape index (κ2) is 5.78. The van der Waals surface area contributed by atoms with Gasteiger partial charge in [0, 0.05) is 25.8 Å². The number of hydrogen-bond donors (Lipinski definition) is 1. The molecule has 4 nitrogen and oxygen atoms in total. The zero-order valence-electron chi connectivity index (χ0n) is 9.04. The maximum atomic E-state index is 5.08. The second-order valence-corrected chi connectivity index (χ2v) is 3.50. The number of aryl methyl sites for hydroxylation is 1. The number of nitrogens with zero attached hydrogens (tertiary/aromatic N) is 1. The SMILES string of the molecule is COCCC(C)NCc1cc(C)no1. The van der Waals surface area contributed by atoms with Gasteiger partial charge < -0.3 is 14.6 Å². The molecular formula is C10H18N2O2. The van der Waals surface area contributed by atoms with E-state index < -0.39 is 0 Å². The third-order valence-corrected chi connectivity index (χ3v) is 2.06. The average Bonchev–Trinajstić information content (AvgIpc) is 2.58. The van der Waals surface area contributed by atoms with Gasteiger partial charge in [-0.15, -0.1) is 0 Å². The van der Waals surface area contributed by atoms with Crippen molar-refractivity contribution < 1.29 is 9.26 Å². The van der Waals surface area contributed by atoms with Crippen molar-refractivity contribution in [3.63, 3.8) is 0 Å². The highest BCUT2D eigenvalue weighted by Crippen LogP contribution is 2.02. The first kappa shape index (κ1) is 11.2. The van der Waals surface area contributed by atoms with Crippen molar-refractivity contribution in [1.29, 1.82) is 0 Å². The third-order valence-electron chi connectivity index (χ3n) is 2.06. The summed E-state index contributed by atoms with van der Waals surface area (Å²) in [6.07, 6.45) is 1.00. The van der Waals surface area contributed by atoms with E-state index in [1.54, 1.807) is 7.11 Å². The molecule has 0 spiro atoms. The van der Waals surface area contributed by atoms with Gasteiger partial charge in [0.15, 0.2) is 5.76 Å².